The first-order valence-corrected chi connectivity index (χ1v) is 5.58. The Morgan fingerprint density at radius 2 is 1.95 bits per heavy atom. The van der Waals surface area contributed by atoms with Gasteiger partial charge in [0.1, 0.15) is 6.29 Å². The van der Waals surface area contributed by atoms with Crippen molar-refractivity contribution < 1.29 is 14.4 Å². The molecule has 3 amide bonds. The van der Waals surface area contributed by atoms with Crippen molar-refractivity contribution in [2.75, 3.05) is 6.54 Å². The van der Waals surface area contributed by atoms with Crippen molar-refractivity contribution >= 4 is 24.3 Å². The predicted molar refractivity (Wildman–Crippen MR) is 72.0 cm³/mol. The van der Waals surface area contributed by atoms with E-state index in [0.29, 0.717) is 6.29 Å². The fourth-order valence-corrected chi connectivity index (χ4v) is 1.33. The first-order chi connectivity index (χ1) is 9.19. The zero-order chi connectivity index (χ0) is 14.1. The van der Waals surface area contributed by atoms with Crippen LogP contribution in [0.5, 0.6) is 0 Å². The van der Waals surface area contributed by atoms with E-state index in [1.807, 2.05) is 30.3 Å². The number of imide groups is 1. The number of nitrogens with zero attached hydrogens (tertiary/aromatic N) is 1. The molecule has 0 radical (unpaired) electrons. The molecule has 1 N–H and O–H groups in total. The van der Waals surface area contributed by atoms with Crippen molar-refractivity contribution in [3.05, 3.63) is 54.8 Å². The number of benzene rings is 1. The molecule has 0 heterocycles. The van der Waals surface area contributed by atoms with Crippen LogP contribution in [-0.2, 0) is 9.59 Å². The highest BCUT2D eigenvalue weighted by Crippen LogP contribution is 2.02. The third-order valence-electron chi connectivity index (χ3n) is 2.21. The average Bonchev–Trinajstić information content (AvgIpc) is 2.43. The van der Waals surface area contributed by atoms with Crippen LogP contribution in [0, 0.1) is 0 Å². The fraction of sp³-hybridized carbons (Fsp3) is 0.0714. The number of hydrogen-bond donors (Lipinski definition) is 1. The minimum atomic E-state index is -0.690. The van der Waals surface area contributed by atoms with Crippen LogP contribution in [0.2, 0.25) is 0 Å². The molecule has 0 saturated carbocycles. The second-order valence-electron chi connectivity index (χ2n) is 3.51. The van der Waals surface area contributed by atoms with Gasteiger partial charge in [-0.15, -0.1) is 0 Å². The number of nitrogens with one attached hydrogen (secondary N) is 1. The second kappa shape index (κ2) is 7.60. The van der Waals surface area contributed by atoms with Gasteiger partial charge in [-0.1, -0.05) is 36.9 Å². The van der Waals surface area contributed by atoms with Gasteiger partial charge in [0.05, 0.1) is 6.54 Å². The smallest absolute Gasteiger partial charge is 0.315 e. The summed E-state index contributed by atoms with van der Waals surface area (Å²) in [5, 5.41) is 2.25. The van der Waals surface area contributed by atoms with Crippen molar-refractivity contribution in [1.29, 1.82) is 0 Å². The molecule has 98 valence electrons. The summed E-state index contributed by atoms with van der Waals surface area (Å²) in [7, 11) is 0. The Hall–Kier alpha value is -2.69. The lowest BCUT2D eigenvalue weighted by Crippen LogP contribution is -2.42. The first kappa shape index (κ1) is 14.4. The van der Waals surface area contributed by atoms with E-state index in [2.05, 4.69) is 11.9 Å². The zero-order valence-electron chi connectivity index (χ0n) is 10.3. The SMILES string of the molecule is C=CNC(=O)N(CC=O)C(=O)/C=C/c1ccccc1. The molecular weight excluding hydrogens is 244 g/mol. The van der Waals surface area contributed by atoms with Gasteiger partial charge in [-0.05, 0) is 17.8 Å². The van der Waals surface area contributed by atoms with Crippen molar-refractivity contribution in [3.63, 3.8) is 0 Å². The first-order valence-electron chi connectivity index (χ1n) is 5.58. The van der Waals surface area contributed by atoms with E-state index >= 15 is 0 Å². The van der Waals surface area contributed by atoms with Gasteiger partial charge in [-0.25, -0.2) is 4.79 Å². The van der Waals surface area contributed by atoms with Crippen molar-refractivity contribution in [2.24, 2.45) is 0 Å². The fourth-order valence-electron chi connectivity index (χ4n) is 1.33. The standard InChI is InChI=1S/C14H14N2O3/c1-2-15-14(19)16(10-11-17)13(18)9-8-12-6-4-3-5-7-12/h2-9,11H,1,10H2,(H,15,19)/b9-8+. The summed E-state index contributed by atoms with van der Waals surface area (Å²) in [6.45, 7) is 3.01. The van der Waals surface area contributed by atoms with Crippen LogP contribution in [0.15, 0.2) is 49.2 Å². The van der Waals surface area contributed by atoms with E-state index in [1.165, 1.54) is 6.08 Å². The molecule has 0 atom stereocenters. The number of rotatable bonds is 5. The molecule has 0 saturated heterocycles. The van der Waals surface area contributed by atoms with E-state index in [-0.39, 0.29) is 6.54 Å². The molecule has 0 bridgehead atoms. The lowest BCUT2D eigenvalue weighted by atomic mass is 10.2. The highest BCUT2D eigenvalue weighted by molar-refractivity contribution is 6.03. The normalized spacial score (nSPS) is 9.89. The van der Waals surface area contributed by atoms with Crippen LogP contribution in [0.25, 0.3) is 6.08 Å². The highest BCUT2D eigenvalue weighted by atomic mass is 16.2. The molecule has 1 rings (SSSR count). The lowest BCUT2D eigenvalue weighted by molar-refractivity contribution is -0.125. The second-order valence-corrected chi connectivity index (χ2v) is 3.51. The lowest BCUT2D eigenvalue weighted by Gasteiger charge is -2.15. The highest BCUT2D eigenvalue weighted by Gasteiger charge is 2.17. The largest absolute Gasteiger partial charge is 0.328 e. The van der Waals surface area contributed by atoms with Gasteiger partial charge >= 0.3 is 6.03 Å². The number of urea groups is 1. The Morgan fingerprint density at radius 1 is 1.26 bits per heavy atom. The minimum Gasteiger partial charge on any atom is -0.315 e. The van der Waals surface area contributed by atoms with Crippen molar-refractivity contribution in [3.8, 4) is 0 Å². The minimum absolute atomic E-state index is 0.308. The molecule has 0 unspecified atom stereocenters. The Morgan fingerprint density at radius 3 is 2.53 bits per heavy atom. The topological polar surface area (TPSA) is 66.5 Å². The molecule has 19 heavy (non-hydrogen) atoms. The summed E-state index contributed by atoms with van der Waals surface area (Å²) in [5.74, 6) is -0.574. The van der Waals surface area contributed by atoms with E-state index < -0.39 is 11.9 Å². The van der Waals surface area contributed by atoms with Crippen LogP contribution in [0.4, 0.5) is 4.79 Å². The maximum Gasteiger partial charge on any atom is 0.328 e. The van der Waals surface area contributed by atoms with Crippen LogP contribution in [0.1, 0.15) is 5.56 Å². The Bertz CT molecular complexity index is 495. The van der Waals surface area contributed by atoms with Crippen LogP contribution >= 0.6 is 0 Å². The Labute approximate surface area is 111 Å². The van der Waals surface area contributed by atoms with E-state index in [1.54, 1.807) is 6.08 Å². The zero-order valence-corrected chi connectivity index (χ0v) is 10.3. The summed E-state index contributed by atoms with van der Waals surface area (Å²) in [5.41, 5.74) is 0.825. The summed E-state index contributed by atoms with van der Waals surface area (Å²) < 4.78 is 0. The van der Waals surface area contributed by atoms with Gasteiger partial charge in [0, 0.05) is 6.08 Å². The number of carbonyl (C=O) groups excluding carboxylic acids is 3. The Balaban J connectivity index is 2.77. The number of carbonyl (C=O) groups is 3. The molecule has 0 aliphatic carbocycles. The quantitative estimate of drug-likeness (QED) is 0.644. The Kier molecular flexibility index (Phi) is 5.75. The molecule has 5 heteroatoms. The van der Waals surface area contributed by atoms with Crippen molar-refractivity contribution in [1.82, 2.24) is 10.2 Å². The molecule has 1 aromatic carbocycles. The third kappa shape index (κ3) is 4.59. The van der Waals surface area contributed by atoms with Gasteiger partial charge in [0.25, 0.3) is 5.91 Å². The molecule has 0 spiro atoms. The molecule has 5 nitrogen and oxygen atoms in total. The van der Waals surface area contributed by atoms with Crippen LogP contribution in [0.3, 0.4) is 0 Å². The van der Waals surface area contributed by atoms with E-state index in [4.69, 9.17) is 0 Å². The molecular formula is C14H14N2O3. The summed E-state index contributed by atoms with van der Waals surface area (Å²) in [6, 6.07) is 8.46. The molecule has 0 fully saturated rings. The maximum absolute atomic E-state index is 11.8. The summed E-state index contributed by atoms with van der Waals surface area (Å²) in [6.07, 6.45) is 4.44. The summed E-state index contributed by atoms with van der Waals surface area (Å²) in [4.78, 5) is 34.6. The van der Waals surface area contributed by atoms with Crippen LogP contribution in [-0.4, -0.2) is 29.7 Å². The van der Waals surface area contributed by atoms with Gasteiger partial charge < -0.3 is 10.1 Å². The predicted octanol–water partition coefficient (Wildman–Crippen LogP) is 1.58. The average molecular weight is 258 g/mol. The number of amides is 3. The maximum atomic E-state index is 11.8. The van der Waals surface area contributed by atoms with Crippen molar-refractivity contribution in [2.45, 2.75) is 0 Å². The number of hydrogen-bond acceptors (Lipinski definition) is 3. The van der Waals surface area contributed by atoms with Crippen LogP contribution < -0.4 is 5.32 Å². The third-order valence-corrected chi connectivity index (χ3v) is 2.21. The molecule has 0 aliphatic heterocycles. The monoisotopic (exact) mass is 258 g/mol. The van der Waals surface area contributed by atoms with Gasteiger partial charge in [0.15, 0.2) is 0 Å². The molecule has 0 aromatic heterocycles. The molecule has 1 aromatic rings. The summed E-state index contributed by atoms with van der Waals surface area (Å²) >= 11 is 0. The van der Waals surface area contributed by atoms with Gasteiger partial charge in [-0.3, -0.25) is 9.69 Å². The van der Waals surface area contributed by atoms with E-state index in [0.717, 1.165) is 16.7 Å². The van der Waals surface area contributed by atoms with Gasteiger partial charge in [0.2, 0.25) is 0 Å². The molecule has 0 aliphatic rings. The van der Waals surface area contributed by atoms with Gasteiger partial charge in [-0.2, -0.15) is 0 Å². The number of aldehydes is 1. The van der Waals surface area contributed by atoms with E-state index in [9.17, 15) is 14.4 Å².